The third-order valence-corrected chi connectivity index (χ3v) is 2.25. The lowest BCUT2D eigenvalue weighted by Crippen LogP contribution is -2.12. The van der Waals surface area contributed by atoms with E-state index in [4.69, 9.17) is 5.73 Å². The highest BCUT2D eigenvalue weighted by Crippen LogP contribution is 2.14. The van der Waals surface area contributed by atoms with Crippen LogP contribution in [0.15, 0.2) is 6.07 Å². The molecule has 1 aromatic rings. The molecule has 1 atom stereocenters. The van der Waals surface area contributed by atoms with Gasteiger partial charge in [0.25, 0.3) is 0 Å². The van der Waals surface area contributed by atoms with E-state index < -0.39 is 0 Å². The summed E-state index contributed by atoms with van der Waals surface area (Å²) in [6, 6.07) is 2.21. The van der Waals surface area contributed by atoms with Crippen LogP contribution in [0.3, 0.4) is 0 Å². The molecule has 0 saturated heterocycles. The standard InChI is InChI=1S/C11H21N3/c1-5-14-11(9(4)12)7-10(13-14)6-8(2)3/h7-9H,5-6,12H2,1-4H3/t9-/m1/s1. The van der Waals surface area contributed by atoms with Gasteiger partial charge in [-0.3, -0.25) is 4.68 Å². The van der Waals surface area contributed by atoms with E-state index in [9.17, 15) is 0 Å². The zero-order valence-electron chi connectivity index (χ0n) is 9.62. The second kappa shape index (κ2) is 4.60. The number of nitrogens with zero attached hydrogens (tertiary/aromatic N) is 2. The van der Waals surface area contributed by atoms with Crippen molar-refractivity contribution >= 4 is 0 Å². The van der Waals surface area contributed by atoms with Crippen LogP contribution in [-0.2, 0) is 13.0 Å². The Morgan fingerprint density at radius 1 is 1.43 bits per heavy atom. The van der Waals surface area contributed by atoms with E-state index >= 15 is 0 Å². The topological polar surface area (TPSA) is 43.8 Å². The minimum atomic E-state index is 0.0726. The lowest BCUT2D eigenvalue weighted by Gasteiger charge is -2.06. The first-order chi connectivity index (χ1) is 6.54. The van der Waals surface area contributed by atoms with Gasteiger partial charge in [-0.1, -0.05) is 13.8 Å². The van der Waals surface area contributed by atoms with E-state index in [1.807, 2.05) is 11.6 Å². The minimum Gasteiger partial charge on any atom is -0.323 e. The molecular weight excluding hydrogens is 174 g/mol. The third-order valence-electron chi connectivity index (χ3n) is 2.25. The molecule has 2 N–H and O–H groups in total. The molecule has 3 nitrogen and oxygen atoms in total. The van der Waals surface area contributed by atoms with Crippen molar-refractivity contribution in [1.29, 1.82) is 0 Å². The second-order valence-corrected chi connectivity index (χ2v) is 4.26. The largest absolute Gasteiger partial charge is 0.323 e. The molecule has 80 valence electrons. The van der Waals surface area contributed by atoms with E-state index in [-0.39, 0.29) is 6.04 Å². The van der Waals surface area contributed by atoms with Gasteiger partial charge in [0.2, 0.25) is 0 Å². The molecule has 0 spiro atoms. The quantitative estimate of drug-likeness (QED) is 0.799. The van der Waals surface area contributed by atoms with Crippen LogP contribution in [-0.4, -0.2) is 9.78 Å². The number of nitrogens with two attached hydrogens (primary N) is 1. The summed E-state index contributed by atoms with van der Waals surface area (Å²) in [5.41, 5.74) is 8.18. The molecule has 0 bridgehead atoms. The average Bonchev–Trinajstić information content (AvgIpc) is 2.46. The monoisotopic (exact) mass is 195 g/mol. The van der Waals surface area contributed by atoms with Crippen LogP contribution in [0.5, 0.6) is 0 Å². The summed E-state index contributed by atoms with van der Waals surface area (Å²) in [4.78, 5) is 0. The van der Waals surface area contributed by atoms with Crippen molar-refractivity contribution in [3.63, 3.8) is 0 Å². The van der Waals surface area contributed by atoms with Gasteiger partial charge < -0.3 is 5.73 Å². The van der Waals surface area contributed by atoms with E-state index in [2.05, 4.69) is 31.9 Å². The van der Waals surface area contributed by atoms with Crippen molar-refractivity contribution in [1.82, 2.24) is 9.78 Å². The van der Waals surface area contributed by atoms with Crippen molar-refractivity contribution < 1.29 is 0 Å². The lowest BCUT2D eigenvalue weighted by molar-refractivity contribution is 0.570. The molecule has 0 unspecified atom stereocenters. The predicted octanol–water partition coefficient (Wildman–Crippen LogP) is 2.12. The summed E-state index contributed by atoms with van der Waals surface area (Å²) in [7, 11) is 0. The van der Waals surface area contributed by atoms with Gasteiger partial charge in [0.05, 0.1) is 11.4 Å². The van der Waals surface area contributed by atoms with E-state index in [0.717, 1.165) is 24.4 Å². The van der Waals surface area contributed by atoms with Gasteiger partial charge in [-0.2, -0.15) is 5.10 Å². The molecule has 3 heteroatoms. The normalized spacial score (nSPS) is 13.6. The molecule has 14 heavy (non-hydrogen) atoms. The molecule has 1 heterocycles. The van der Waals surface area contributed by atoms with Gasteiger partial charge in [0.1, 0.15) is 0 Å². The summed E-state index contributed by atoms with van der Waals surface area (Å²) in [5, 5.41) is 4.53. The van der Waals surface area contributed by atoms with Crippen LogP contribution in [0, 0.1) is 5.92 Å². The Kier molecular flexibility index (Phi) is 3.69. The number of rotatable bonds is 4. The lowest BCUT2D eigenvalue weighted by atomic mass is 10.1. The Hall–Kier alpha value is -0.830. The van der Waals surface area contributed by atoms with Crippen LogP contribution in [0.25, 0.3) is 0 Å². The fourth-order valence-corrected chi connectivity index (χ4v) is 1.62. The predicted molar refractivity (Wildman–Crippen MR) is 59.0 cm³/mol. The Morgan fingerprint density at radius 3 is 2.43 bits per heavy atom. The number of hydrogen-bond donors (Lipinski definition) is 1. The van der Waals surface area contributed by atoms with E-state index in [0.29, 0.717) is 5.92 Å². The first kappa shape index (κ1) is 11.2. The van der Waals surface area contributed by atoms with Crippen molar-refractivity contribution in [2.75, 3.05) is 0 Å². The van der Waals surface area contributed by atoms with Gasteiger partial charge >= 0.3 is 0 Å². The van der Waals surface area contributed by atoms with Crippen LogP contribution >= 0.6 is 0 Å². The molecular formula is C11H21N3. The summed E-state index contributed by atoms with van der Waals surface area (Å²) >= 11 is 0. The number of hydrogen-bond acceptors (Lipinski definition) is 2. The highest BCUT2D eigenvalue weighted by atomic mass is 15.3. The van der Waals surface area contributed by atoms with E-state index in [1.54, 1.807) is 0 Å². The van der Waals surface area contributed by atoms with Crippen molar-refractivity contribution in [2.24, 2.45) is 11.7 Å². The highest BCUT2D eigenvalue weighted by Gasteiger charge is 2.10. The molecule has 1 rings (SSSR count). The molecule has 0 fully saturated rings. The average molecular weight is 195 g/mol. The zero-order chi connectivity index (χ0) is 10.7. The van der Waals surface area contributed by atoms with Crippen molar-refractivity contribution in [2.45, 2.75) is 46.7 Å². The van der Waals surface area contributed by atoms with Gasteiger partial charge in [-0.05, 0) is 32.3 Å². The van der Waals surface area contributed by atoms with Crippen molar-refractivity contribution in [3.05, 3.63) is 17.5 Å². The Labute approximate surface area is 86.3 Å². The Morgan fingerprint density at radius 2 is 2.07 bits per heavy atom. The molecule has 0 aliphatic heterocycles. The minimum absolute atomic E-state index is 0.0726. The fourth-order valence-electron chi connectivity index (χ4n) is 1.62. The van der Waals surface area contributed by atoms with Gasteiger partial charge in [0.15, 0.2) is 0 Å². The highest BCUT2D eigenvalue weighted by molar-refractivity contribution is 5.13. The van der Waals surface area contributed by atoms with Crippen LogP contribution in [0.2, 0.25) is 0 Å². The zero-order valence-corrected chi connectivity index (χ0v) is 9.62. The molecule has 1 aromatic heterocycles. The van der Waals surface area contributed by atoms with Crippen LogP contribution in [0.4, 0.5) is 0 Å². The summed E-state index contributed by atoms with van der Waals surface area (Å²) in [6.07, 6.45) is 1.03. The third kappa shape index (κ3) is 2.58. The summed E-state index contributed by atoms with van der Waals surface area (Å²) in [6.45, 7) is 9.41. The SMILES string of the molecule is CCn1nc(CC(C)C)cc1[C@@H](C)N. The number of aryl methyl sites for hydroxylation is 1. The van der Waals surface area contributed by atoms with Crippen LogP contribution < -0.4 is 5.73 Å². The van der Waals surface area contributed by atoms with E-state index in [1.165, 1.54) is 0 Å². The second-order valence-electron chi connectivity index (χ2n) is 4.26. The Balaban J connectivity index is 2.89. The fraction of sp³-hybridized carbons (Fsp3) is 0.727. The Bertz CT molecular complexity index is 287. The van der Waals surface area contributed by atoms with Gasteiger partial charge in [-0.15, -0.1) is 0 Å². The molecule has 0 aliphatic carbocycles. The first-order valence-electron chi connectivity index (χ1n) is 5.36. The number of aromatic nitrogens is 2. The van der Waals surface area contributed by atoms with Crippen LogP contribution in [0.1, 0.15) is 45.1 Å². The molecule has 0 amide bonds. The molecule has 0 aromatic carbocycles. The molecule has 0 aliphatic rings. The maximum Gasteiger partial charge on any atom is 0.0630 e. The smallest absolute Gasteiger partial charge is 0.0630 e. The first-order valence-corrected chi connectivity index (χ1v) is 5.36. The maximum absolute atomic E-state index is 5.87. The maximum atomic E-state index is 5.87. The molecule has 0 radical (unpaired) electrons. The van der Waals surface area contributed by atoms with Gasteiger partial charge in [0, 0.05) is 12.6 Å². The summed E-state index contributed by atoms with van der Waals surface area (Å²) in [5.74, 6) is 0.649. The summed E-state index contributed by atoms with van der Waals surface area (Å²) < 4.78 is 2.00. The van der Waals surface area contributed by atoms with Gasteiger partial charge in [-0.25, -0.2) is 0 Å². The van der Waals surface area contributed by atoms with Crippen molar-refractivity contribution in [3.8, 4) is 0 Å². The molecule has 0 saturated carbocycles.